The second kappa shape index (κ2) is 4.00. The summed E-state index contributed by atoms with van der Waals surface area (Å²) in [6, 6.07) is 5.91. The molecule has 1 heterocycles. The molecule has 0 aliphatic heterocycles. The molecule has 2 aromatic rings. The minimum absolute atomic E-state index is 0.353. The monoisotopic (exact) mass is 261 g/mol. The lowest BCUT2D eigenvalue weighted by Crippen LogP contribution is -1.90. The summed E-state index contributed by atoms with van der Waals surface area (Å²) in [6.07, 6.45) is 0. The van der Waals surface area contributed by atoms with Crippen LogP contribution in [0.1, 0.15) is 0 Å². The van der Waals surface area contributed by atoms with Crippen LogP contribution in [0, 0.1) is 5.82 Å². The Kier molecular flexibility index (Phi) is 2.87. The Hall–Kier alpha value is -0.770. The topological polar surface area (TPSA) is 26.0 Å². The van der Waals surface area contributed by atoms with Crippen molar-refractivity contribution in [3.63, 3.8) is 0 Å². The van der Waals surface area contributed by atoms with Crippen molar-refractivity contribution in [2.24, 2.45) is 0 Å². The molecule has 5 heteroatoms. The molecule has 2 N–H and O–H groups in total. The number of thiophene rings is 1. The van der Waals surface area contributed by atoms with E-state index in [9.17, 15) is 4.39 Å². The van der Waals surface area contributed by atoms with Gasteiger partial charge in [0.15, 0.2) is 0 Å². The molecule has 0 spiro atoms. The number of benzene rings is 1. The molecule has 1 aromatic carbocycles. The molecule has 0 aliphatic rings. The molecule has 0 saturated heterocycles. The Balaban J connectivity index is 2.59. The van der Waals surface area contributed by atoms with Crippen LogP contribution in [0.3, 0.4) is 0 Å². The molecular weight excluding hydrogens is 256 g/mol. The summed E-state index contributed by atoms with van der Waals surface area (Å²) in [6.45, 7) is 0. The molecule has 1 aromatic heterocycles. The normalized spacial score (nSPS) is 10.6. The molecule has 0 aliphatic carbocycles. The van der Waals surface area contributed by atoms with Gasteiger partial charge in [0.2, 0.25) is 0 Å². The van der Waals surface area contributed by atoms with Gasteiger partial charge in [-0.25, -0.2) is 4.39 Å². The van der Waals surface area contributed by atoms with Gasteiger partial charge in [0.1, 0.15) is 10.2 Å². The number of anilines is 1. The van der Waals surface area contributed by atoms with Gasteiger partial charge in [-0.05, 0) is 24.3 Å². The first-order valence-electron chi connectivity index (χ1n) is 4.08. The fraction of sp³-hybridized carbons (Fsp3) is 0. The third-order valence-corrected chi connectivity index (χ3v) is 3.45. The van der Waals surface area contributed by atoms with Crippen molar-refractivity contribution in [3.05, 3.63) is 38.8 Å². The molecule has 2 rings (SSSR count). The van der Waals surface area contributed by atoms with Gasteiger partial charge in [0.25, 0.3) is 0 Å². The Labute approximate surface area is 100 Å². The van der Waals surface area contributed by atoms with Gasteiger partial charge in [-0.15, -0.1) is 11.3 Å². The molecule has 15 heavy (non-hydrogen) atoms. The highest BCUT2D eigenvalue weighted by atomic mass is 35.5. The highest BCUT2D eigenvalue weighted by Crippen LogP contribution is 2.40. The summed E-state index contributed by atoms with van der Waals surface area (Å²) in [7, 11) is 0. The molecule has 0 bridgehead atoms. The van der Waals surface area contributed by atoms with Crippen LogP contribution in [0.15, 0.2) is 24.3 Å². The fourth-order valence-electron chi connectivity index (χ4n) is 1.30. The standard InChI is InChI=1S/C10H6Cl2FNS/c11-9-4-7(10(12)15-9)6-2-1-5(13)3-8(6)14/h1-4H,14H2. The predicted octanol–water partition coefficient (Wildman–Crippen LogP) is 4.44. The highest BCUT2D eigenvalue weighted by Gasteiger charge is 2.11. The van der Waals surface area contributed by atoms with Gasteiger partial charge in [-0.1, -0.05) is 23.2 Å². The molecule has 78 valence electrons. The van der Waals surface area contributed by atoms with E-state index >= 15 is 0 Å². The second-order valence-electron chi connectivity index (χ2n) is 2.97. The van der Waals surface area contributed by atoms with Crippen LogP contribution in [-0.4, -0.2) is 0 Å². The van der Waals surface area contributed by atoms with E-state index < -0.39 is 0 Å². The summed E-state index contributed by atoms with van der Waals surface area (Å²) in [5.41, 5.74) is 7.49. The fourth-order valence-corrected chi connectivity index (χ4v) is 2.79. The first-order valence-corrected chi connectivity index (χ1v) is 5.65. The number of halogens is 3. The number of rotatable bonds is 1. The third kappa shape index (κ3) is 2.09. The molecule has 1 nitrogen and oxygen atoms in total. The minimum Gasteiger partial charge on any atom is -0.398 e. The molecule has 0 radical (unpaired) electrons. The van der Waals surface area contributed by atoms with Gasteiger partial charge < -0.3 is 5.73 Å². The van der Waals surface area contributed by atoms with E-state index in [1.165, 1.54) is 23.5 Å². The number of nitrogen functional groups attached to an aromatic ring is 1. The Morgan fingerprint density at radius 2 is 1.87 bits per heavy atom. The van der Waals surface area contributed by atoms with E-state index in [0.29, 0.717) is 19.9 Å². The van der Waals surface area contributed by atoms with Crippen LogP contribution >= 0.6 is 34.5 Å². The summed E-state index contributed by atoms with van der Waals surface area (Å²) in [5, 5.41) is 0. The zero-order chi connectivity index (χ0) is 11.0. The van der Waals surface area contributed by atoms with Crippen molar-refractivity contribution in [1.29, 1.82) is 0 Å². The van der Waals surface area contributed by atoms with Gasteiger partial charge in [-0.3, -0.25) is 0 Å². The van der Waals surface area contributed by atoms with Gasteiger partial charge in [-0.2, -0.15) is 0 Å². The van der Waals surface area contributed by atoms with Crippen molar-refractivity contribution in [2.75, 3.05) is 5.73 Å². The van der Waals surface area contributed by atoms with Gasteiger partial charge in [0, 0.05) is 16.8 Å². The van der Waals surface area contributed by atoms with Gasteiger partial charge in [0.05, 0.1) is 4.34 Å². The van der Waals surface area contributed by atoms with Crippen LogP contribution in [0.2, 0.25) is 8.67 Å². The largest absolute Gasteiger partial charge is 0.398 e. The molecule has 0 unspecified atom stereocenters. The minimum atomic E-state index is -0.367. The average Bonchev–Trinajstić information content (AvgIpc) is 2.45. The van der Waals surface area contributed by atoms with Crippen molar-refractivity contribution in [3.8, 4) is 11.1 Å². The van der Waals surface area contributed by atoms with E-state index in [4.69, 9.17) is 28.9 Å². The van der Waals surface area contributed by atoms with Crippen molar-refractivity contribution < 1.29 is 4.39 Å². The summed E-state index contributed by atoms with van der Waals surface area (Å²) >= 11 is 13.1. The maximum Gasteiger partial charge on any atom is 0.125 e. The number of nitrogens with two attached hydrogens (primary N) is 1. The molecule has 0 atom stereocenters. The maximum atomic E-state index is 12.8. The second-order valence-corrected chi connectivity index (χ2v) is 5.26. The first-order chi connectivity index (χ1) is 7.08. The van der Waals surface area contributed by atoms with E-state index in [1.807, 2.05) is 0 Å². The average molecular weight is 262 g/mol. The van der Waals surface area contributed by atoms with Crippen LogP contribution in [0.25, 0.3) is 11.1 Å². The van der Waals surface area contributed by atoms with E-state index in [2.05, 4.69) is 0 Å². The zero-order valence-electron chi connectivity index (χ0n) is 7.43. The highest BCUT2D eigenvalue weighted by molar-refractivity contribution is 7.20. The van der Waals surface area contributed by atoms with Crippen LogP contribution in [0.4, 0.5) is 10.1 Å². The van der Waals surface area contributed by atoms with Crippen LogP contribution in [0.5, 0.6) is 0 Å². The first kappa shape index (κ1) is 10.7. The molecule has 0 saturated carbocycles. The summed E-state index contributed by atoms with van der Waals surface area (Å²) in [4.78, 5) is 0. The SMILES string of the molecule is Nc1cc(F)ccc1-c1cc(Cl)sc1Cl. The van der Waals surface area contributed by atoms with Crippen LogP contribution < -0.4 is 5.73 Å². The Bertz CT molecular complexity index is 510. The molecular formula is C10H6Cl2FNS. The lowest BCUT2D eigenvalue weighted by atomic mass is 10.1. The van der Waals surface area contributed by atoms with Crippen LogP contribution in [-0.2, 0) is 0 Å². The number of hydrogen-bond acceptors (Lipinski definition) is 2. The number of hydrogen-bond donors (Lipinski definition) is 1. The summed E-state index contributed by atoms with van der Waals surface area (Å²) < 4.78 is 14.0. The van der Waals surface area contributed by atoms with Gasteiger partial charge >= 0.3 is 0 Å². The van der Waals surface area contributed by atoms with Crippen molar-refractivity contribution in [1.82, 2.24) is 0 Å². The lowest BCUT2D eigenvalue weighted by molar-refractivity contribution is 0.628. The van der Waals surface area contributed by atoms with E-state index in [-0.39, 0.29) is 5.82 Å². The zero-order valence-corrected chi connectivity index (χ0v) is 9.76. The predicted molar refractivity (Wildman–Crippen MR) is 64.1 cm³/mol. The smallest absolute Gasteiger partial charge is 0.125 e. The third-order valence-electron chi connectivity index (χ3n) is 1.96. The van der Waals surface area contributed by atoms with Crippen molar-refractivity contribution >= 4 is 40.2 Å². The summed E-state index contributed by atoms with van der Waals surface area (Å²) in [5.74, 6) is -0.367. The Morgan fingerprint density at radius 1 is 1.13 bits per heavy atom. The van der Waals surface area contributed by atoms with E-state index in [0.717, 1.165) is 5.56 Å². The quantitative estimate of drug-likeness (QED) is 0.755. The molecule has 0 amide bonds. The Morgan fingerprint density at radius 3 is 2.40 bits per heavy atom. The van der Waals surface area contributed by atoms with Crippen molar-refractivity contribution in [2.45, 2.75) is 0 Å². The van der Waals surface area contributed by atoms with E-state index in [1.54, 1.807) is 12.1 Å². The lowest BCUT2D eigenvalue weighted by Gasteiger charge is -2.03. The maximum absolute atomic E-state index is 12.8. The molecule has 0 fully saturated rings.